The molecule has 2 N–H and O–H groups in total. The molecule has 0 amide bonds. The van der Waals surface area contributed by atoms with Crippen LogP contribution in [0.3, 0.4) is 0 Å². The quantitative estimate of drug-likeness (QED) is 0.756. The summed E-state index contributed by atoms with van der Waals surface area (Å²) < 4.78 is 1.81. The Morgan fingerprint density at radius 1 is 1.53 bits per heavy atom. The van der Waals surface area contributed by atoms with Crippen molar-refractivity contribution >= 4 is 16.9 Å². The number of hydrogen-bond acceptors (Lipinski definition) is 4. The second-order valence-corrected chi connectivity index (χ2v) is 3.48. The van der Waals surface area contributed by atoms with Crippen molar-refractivity contribution in [1.29, 1.82) is 5.26 Å². The van der Waals surface area contributed by atoms with Gasteiger partial charge in [0, 0.05) is 6.20 Å². The van der Waals surface area contributed by atoms with Crippen molar-refractivity contribution < 1.29 is 0 Å². The van der Waals surface area contributed by atoms with E-state index in [1.165, 1.54) is 6.33 Å². The molecule has 0 spiro atoms. The van der Waals surface area contributed by atoms with Crippen molar-refractivity contribution in [2.75, 3.05) is 5.73 Å². The Labute approximate surface area is 87.2 Å². The van der Waals surface area contributed by atoms with Crippen LogP contribution in [0.2, 0.25) is 0 Å². The smallest absolute Gasteiger partial charge is 0.146 e. The van der Waals surface area contributed by atoms with E-state index in [0.717, 1.165) is 10.9 Å². The largest absolute Gasteiger partial charge is 0.383 e. The number of hydrogen-bond donors (Lipinski definition) is 1. The number of nitrogens with zero attached hydrogens (tertiary/aromatic N) is 4. The topological polar surface area (TPSA) is 80.5 Å². The van der Waals surface area contributed by atoms with Gasteiger partial charge in [-0.3, -0.25) is 0 Å². The van der Waals surface area contributed by atoms with E-state index >= 15 is 0 Å². The lowest BCUT2D eigenvalue weighted by atomic mass is 10.2. The standard InChI is InChI=1S/C10H11N5/c1-6-4-15(7(2)3-11)10-8(6)9(12)13-5-14-10/h4-5,7H,1-2H3,(H2,12,13,14). The van der Waals surface area contributed by atoms with Gasteiger partial charge in [-0.2, -0.15) is 5.26 Å². The molecule has 0 fully saturated rings. The molecule has 0 saturated heterocycles. The molecule has 0 radical (unpaired) electrons. The van der Waals surface area contributed by atoms with E-state index in [0.29, 0.717) is 11.5 Å². The average Bonchev–Trinajstić information content (AvgIpc) is 2.56. The van der Waals surface area contributed by atoms with Gasteiger partial charge in [-0.05, 0) is 19.4 Å². The zero-order valence-corrected chi connectivity index (χ0v) is 8.60. The van der Waals surface area contributed by atoms with Gasteiger partial charge < -0.3 is 10.3 Å². The van der Waals surface area contributed by atoms with Crippen molar-refractivity contribution in [2.45, 2.75) is 19.9 Å². The third-order valence-corrected chi connectivity index (χ3v) is 2.43. The van der Waals surface area contributed by atoms with Gasteiger partial charge in [-0.15, -0.1) is 0 Å². The molecule has 5 heteroatoms. The minimum absolute atomic E-state index is 0.254. The lowest BCUT2D eigenvalue weighted by Crippen LogP contribution is -2.02. The highest BCUT2D eigenvalue weighted by atomic mass is 15.1. The van der Waals surface area contributed by atoms with Gasteiger partial charge in [-0.25, -0.2) is 9.97 Å². The summed E-state index contributed by atoms with van der Waals surface area (Å²) in [6.45, 7) is 3.75. The lowest BCUT2D eigenvalue weighted by molar-refractivity contribution is 0.692. The van der Waals surface area contributed by atoms with E-state index in [2.05, 4.69) is 16.0 Å². The molecule has 1 atom stereocenters. The fourth-order valence-corrected chi connectivity index (χ4v) is 1.66. The average molecular weight is 201 g/mol. The Hall–Kier alpha value is -2.09. The number of nitrogen functional groups attached to an aromatic ring is 1. The Kier molecular flexibility index (Phi) is 2.05. The summed E-state index contributed by atoms with van der Waals surface area (Å²) in [6, 6.07) is 1.91. The van der Waals surface area contributed by atoms with Crippen LogP contribution in [0.15, 0.2) is 12.5 Å². The molecule has 0 aliphatic heterocycles. The molecule has 0 aromatic carbocycles. The number of nitrogens with two attached hydrogens (primary N) is 1. The number of rotatable bonds is 1. The molecule has 2 rings (SSSR count). The number of nitriles is 1. The first-order valence-electron chi connectivity index (χ1n) is 4.62. The molecule has 2 aromatic rings. The zero-order valence-electron chi connectivity index (χ0n) is 8.60. The van der Waals surface area contributed by atoms with Crippen molar-refractivity contribution in [2.24, 2.45) is 0 Å². The summed E-state index contributed by atoms with van der Waals surface area (Å²) in [4.78, 5) is 8.09. The van der Waals surface area contributed by atoms with E-state index in [-0.39, 0.29) is 6.04 Å². The maximum atomic E-state index is 8.88. The minimum Gasteiger partial charge on any atom is -0.383 e. The molecule has 1 unspecified atom stereocenters. The summed E-state index contributed by atoms with van der Waals surface area (Å²) in [7, 11) is 0. The number of aryl methyl sites for hydroxylation is 1. The van der Waals surface area contributed by atoms with Gasteiger partial charge in [0.25, 0.3) is 0 Å². The maximum absolute atomic E-state index is 8.88. The first-order chi connectivity index (χ1) is 7.15. The predicted octanol–water partition coefficient (Wildman–Crippen LogP) is 1.41. The van der Waals surface area contributed by atoms with E-state index in [4.69, 9.17) is 11.0 Å². The normalized spacial score (nSPS) is 12.6. The van der Waals surface area contributed by atoms with Crippen molar-refractivity contribution in [3.63, 3.8) is 0 Å². The molecule has 15 heavy (non-hydrogen) atoms. The van der Waals surface area contributed by atoms with Crippen LogP contribution in [0.25, 0.3) is 11.0 Å². The molecule has 76 valence electrons. The summed E-state index contributed by atoms with van der Waals surface area (Å²) in [6.07, 6.45) is 3.29. The number of aromatic nitrogens is 3. The van der Waals surface area contributed by atoms with E-state index in [1.54, 1.807) is 0 Å². The van der Waals surface area contributed by atoms with E-state index in [1.807, 2.05) is 24.6 Å². The Morgan fingerprint density at radius 3 is 2.93 bits per heavy atom. The Bertz CT molecular complexity index is 549. The third kappa shape index (κ3) is 1.31. The second kappa shape index (κ2) is 3.24. The van der Waals surface area contributed by atoms with Crippen molar-refractivity contribution in [3.05, 3.63) is 18.1 Å². The van der Waals surface area contributed by atoms with Crippen LogP contribution in [0.1, 0.15) is 18.5 Å². The SMILES string of the molecule is Cc1cn(C(C)C#N)c2ncnc(N)c12. The summed E-state index contributed by atoms with van der Waals surface area (Å²) in [5.41, 5.74) is 7.47. The highest BCUT2D eigenvalue weighted by Gasteiger charge is 2.13. The van der Waals surface area contributed by atoms with Gasteiger partial charge in [0.15, 0.2) is 0 Å². The second-order valence-electron chi connectivity index (χ2n) is 3.48. The molecule has 5 nitrogen and oxygen atoms in total. The van der Waals surface area contributed by atoms with Gasteiger partial charge in [0.05, 0.1) is 11.5 Å². The van der Waals surface area contributed by atoms with E-state index in [9.17, 15) is 0 Å². The van der Waals surface area contributed by atoms with Crippen LogP contribution in [-0.4, -0.2) is 14.5 Å². The zero-order chi connectivity index (χ0) is 11.0. The molecule has 0 aliphatic carbocycles. The fourth-order valence-electron chi connectivity index (χ4n) is 1.66. The van der Waals surface area contributed by atoms with Gasteiger partial charge in [-0.1, -0.05) is 0 Å². The highest BCUT2D eigenvalue weighted by Crippen LogP contribution is 2.25. The monoisotopic (exact) mass is 201 g/mol. The summed E-state index contributed by atoms with van der Waals surface area (Å²) in [5.74, 6) is 0.460. The Balaban J connectivity index is 2.80. The van der Waals surface area contributed by atoms with Crippen LogP contribution in [0, 0.1) is 18.3 Å². The van der Waals surface area contributed by atoms with Gasteiger partial charge in [0.1, 0.15) is 23.8 Å². The van der Waals surface area contributed by atoms with Crippen LogP contribution in [0.4, 0.5) is 5.82 Å². The first-order valence-corrected chi connectivity index (χ1v) is 4.62. The maximum Gasteiger partial charge on any atom is 0.146 e. The first kappa shape index (κ1) is 9.46. The van der Waals surface area contributed by atoms with Gasteiger partial charge >= 0.3 is 0 Å². The number of anilines is 1. The summed E-state index contributed by atoms with van der Waals surface area (Å²) >= 11 is 0. The molecule has 2 heterocycles. The van der Waals surface area contributed by atoms with Crippen molar-refractivity contribution in [1.82, 2.24) is 14.5 Å². The molecular formula is C10H11N5. The molecule has 0 aliphatic rings. The van der Waals surface area contributed by atoms with Crippen LogP contribution < -0.4 is 5.73 Å². The highest BCUT2D eigenvalue weighted by molar-refractivity contribution is 5.89. The van der Waals surface area contributed by atoms with E-state index < -0.39 is 0 Å². The predicted molar refractivity (Wildman–Crippen MR) is 57.0 cm³/mol. The minimum atomic E-state index is -0.254. The molecule has 0 saturated carbocycles. The molecule has 0 bridgehead atoms. The molecule has 2 aromatic heterocycles. The van der Waals surface area contributed by atoms with Crippen LogP contribution in [-0.2, 0) is 0 Å². The number of fused-ring (bicyclic) bond motifs is 1. The van der Waals surface area contributed by atoms with Crippen molar-refractivity contribution in [3.8, 4) is 6.07 Å². The van der Waals surface area contributed by atoms with Crippen LogP contribution in [0.5, 0.6) is 0 Å². The van der Waals surface area contributed by atoms with Gasteiger partial charge in [0.2, 0.25) is 0 Å². The Morgan fingerprint density at radius 2 is 2.27 bits per heavy atom. The van der Waals surface area contributed by atoms with Crippen LogP contribution >= 0.6 is 0 Å². The fraction of sp³-hybridized carbons (Fsp3) is 0.300. The lowest BCUT2D eigenvalue weighted by Gasteiger charge is -2.05. The molecular weight excluding hydrogens is 190 g/mol. The third-order valence-electron chi connectivity index (χ3n) is 2.43. The summed E-state index contributed by atoms with van der Waals surface area (Å²) in [5, 5.41) is 9.71.